The molecule has 0 saturated carbocycles. The van der Waals surface area contributed by atoms with Gasteiger partial charge in [0.15, 0.2) is 0 Å². The molecule has 1 aromatic carbocycles. The van der Waals surface area contributed by atoms with E-state index in [2.05, 4.69) is 12.2 Å². The van der Waals surface area contributed by atoms with Crippen molar-refractivity contribution in [3.63, 3.8) is 0 Å². The lowest BCUT2D eigenvalue weighted by atomic mass is 10.0. The SMILES string of the molecule is COc1cccc(C2NCC(=O)N2CC2(C)CCCO2)c1. The highest BCUT2D eigenvalue weighted by Crippen LogP contribution is 2.31. The van der Waals surface area contributed by atoms with Gasteiger partial charge in [0.1, 0.15) is 11.9 Å². The summed E-state index contributed by atoms with van der Waals surface area (Å²) in [7, 11) is 1.65. The highest BCUT2D eigenvalue weighted by molar-refractivity contribution is 5.81. The highest BCUT2D eigenvalue weighted by Gasteiger charge is 2.39. The van der Waals surface area contributed by atoms with E-state index in [0.29, 0.717) is 13.1 Å². The van der Waals surface area contributed by atoms with Gasteiger partial charge in [0, 0.05) is 6.61 Å². The molecule has 0 aromatic heterocycles. The van der Waals surface area contributed by atoms with Gasteiger partial charge in [-0.25, -0.2) is 0 Å². The van der Waals surface area contributed by atoms with Crippen LogP contribution in [0.15, 0.2) is 24.3 Å². The van der Waals surface area contributed by atoms with Gasteiger partial charge in [0.2, 0.25) is 5.91 Å². The Morgan fingerprint density at radius 1 is 1.52 bits per heavy atom. The fraction of sp³-hybridized carbons (Fsp3) is 0.562. The number of hydrogen-bond donors (Lipinski definition) is 1. The van der Waals surface area contributed by atoms with Crippen molar-refractivity contribution >= 4 is 5.91 Å². The lowest BCUT2D eigenvalue weighted by Gasteiger charge is -2.33. The maximum atomic E-state index is 12.2. The van der Waals surface area contributed by atoms with Crippen molar-refractivity contribution in [1.82, 2.24) is 10.2 Å². The number of nitrogens with zero attached hydrogens (tertiary/aromatic N) is 1. The van der Waals surface area contributed by atoms with Gasteiger partial charge in [0.25, 0.3) is 0 Å². The average Bonchev–Trinajstić information content (AvgIpc) is 3.07. The zero-order valence-corrected chi connectivity index (χ0v) is 12.6. The Hall–Kier alpha value is -1.59. The number of methoxy groups -OCH3 is 1. The standard InChI is InChI=1S/C16H22N2O3/c1-16(7-4-8-21-16)11-18-14(19)10-17-15(18)12-5-3-6-13(9-12)20-2/h3,5-6,9,15,17H,4,7-8,10-11H2,1-2H3. The van der Waals surface area contributed by atoms with Crippen molar-refractivity contribution in [2.45, 2.75) is 31.5 Å². The Labute approximate surface area is 125 Å². The molecule has 0 aliphatic carbocycles. The summed E-state index contributed by atoms with van der Waals surface area (Å²) in [5, 5.41) is 3.28. The van der Waals surface area contributed by atoms with Crippen LogP contribution >= 0.6 is 0 Å². The van der Waals surface area contributed by atoms with E-state index in [0.717, 1.165) is 30.8 Å². The first-order valence-corrected chi connectivity index (χ1v) is 7.42. The molecule has 2 aliphatic heterocycles. The van der Waals surface area contributed by atoms with Crippen LogP contribution in [0.1, 0.15) is 31.5 Å². The molecule has 1 amide bonds. The van der Waals surface area contributed by atoms with E-state index in [4.69, 9.17) is 9.47 Å². The Bertz CT molecular complexity index is 526. The van der Waals surface area contributed by atoms with E-state index in [-0.39, 0.29) is 17.7 Å². The first-order valence-electron chi connectivity index (χ1n) is 7.42. The molecule has 0 bridgehead atoms. The van der Waals surface area contributed by atoms with Gasteiger partial charge in [-0.3, -0.25) is 10.1 Å². The van der Waals surface area contributed by atoms with Crippen LogP contribution in [0.4, 0.5) is 0 Å². The molecule has 2 atom stereocenters. The second kappa shape index (κ2) is 5.66. The first-order chi connectivity index (χ1) is 10.1. The number of amides is 1. The number of ether oxygens (including phenoxy) is 2. The maximum absolute atomic E-state index is 12.2. The third-order valence-corrected chi connectivity index (χ3v) is 4.29. The van der Waals surface area contributed by atoms with Gasteiger partial charge in [-0.05, 0) is 37.5 Å². The van der Waals surface area contributed by atoms with Crippen LogP contribution < -0.4 is 10.1 Å². The van der Waals surface area contributed by atoms with Crippen LogP contribution in [0.2, 0.25) is 0 Å². The molecule has 2 unspecified atom stereocenters. The van der Waals surface area contributed by atoms with E-state index >= 15 is 0 Å². The van der Waals surface area contributed by atoms with Gasteiger partial charge < -0.3 is 14.4 Å². The zero-order chi connectivity index (χ0) is 14.9. The van der Waals surface area contributed by atoms with E-state index in [9.17, 15) is 4.79 Å². The number of nitrogens with one attached hydrogen (secondary N) is 1. The largest absolute Gasteiger partial charge is 0.497 e. The molecule has 0 spiro atoms. The summed E-state index contributed by atoms with van der Waals surface area (Å²) < 4.78 is 11.1. The topological polar surface area (TPSA) is 50.8 Å². The van der Waals surface area contributed by atoms with Gasteiger partial charge in [-0.2, -0.15) is 0 Å². The highest BCUT2D eigenvalue weighted by atomic mass is 16.5. The molecular weight excluding hydrogens is 268 g/mol. The minimum absolute atomic E-state index is 0.103. The van der Waals surface area contributed by atoms with E-state index in [1.54, 1.807) is 7.11 Å². The Morgan fingerprint density at radius 2 is 2.38 bits per heavy atom. The second-order valence-corrected chi connectivity index (χ2v) is 5.98. The third kappa shape index (κ3) is 2.89. The third-order valence-electron chi connectivity index (χ3n) is 4.29. The smallest absolute Gasteiger partial charge is 0.238 e. The molecule has 3 rings (SSSR count). The summed E-state index contributed by atoms with van der Waals surface area (Å²) in [6.45, 7) is 3.88. The number of carbonyl (C=O) groups is 1. The minimum Gasteiger partial charge on any atom is -0.497 e. The second-order valence-electron chi connectivity index (χ2n) is 5.98. The lowest BCUT2D eigenvalue weighted by Crippen LogP contribution is -2.43. The monoisotopic (exact) mass is 290 g/mol. The Kier molecular flexibility index (Phi) is 3.87. The zero-order valence-electron chi connectivity index (χ0n) is 12.6. The summed E-state index contributed by atoms with van der Waals surface area (Å²) in [5.41, 5.74) is 0.820. The van der Waals surface area contributed by atoms with Gasteiger partial charge in [0.05, 0.1) is 25.8 Å². The molecule has 0 radical (unpaired) electrons. The quantitative estimate of drug-likeness (QED) is 0.917. The van der Waals surface area contributed by atoms with Gasteiger partial charge in [-0.15, -0.1) is 0 Å². The van der Waals surface area contributed by atoms with Crippen molar-refractivity contribution < 1.29 is 14.3 Å². The maximum Gasteiger partial charge on any atom is 0.238 e. The predicted molar refractivity (Wildman–Crippen MR) is 79.0 cm³/mol. The normalized spacial score (nSPS) is 29.1. The Morgan fingerprint density at radius 3 is 3.10 bits per heavy atom. The summed E-state index contributed by atoms with van der Waals surface area (Å²) in [6, 6.07) is 7.85. The minimum atomic E-state index is -0.223. The predicted octanol–water partition coefficient (Wildman–Crippen LogP) is 1.69. The van der Waals surface area contributed by atoms with Crippen LogP contribution in [0.25, 0.3) is 0 Å². The molecule has 1 N–H and O–H groups in total. The molecule has 2 saturated heterocycles. The fourth-order valence-corrected chi connectivity index (χ4v) is 3.15. The number of benzene rings is 1. The summed E-state index contributed by atoms with van der Waals surface area (Å²) >= 11 is 0. The van der Waals surface area contributed by atoms with Crippen LogP contribution in [0.3, 0.4) is 0 Å². The fourth-order valence-electron chi connectivity index (χ4n) is 3.15. The van der Waals surface area contributed by atoms with E-state index in [1.807, 2.05) is 29.2 Å². The van der Waals surface area contributed by atoms with Crippen molar-refractivity contribution in [2.24, 2.45) is 0 Å². The molecule has 2 heterocycles. The molecule has 2 fully saturated rings. The number of hydrogen-bond acceptors (Lipinski definition) is 4. The summed E-state index contributed by atoms with van der Waals surface area (Å²) in [4.78, 5) is 14.1. The van der Waals surface area contributed by atoms with Crippen LogP contribution in [-0.4, -0.2) is 43.2 Å². The molecule has 2 aliphatic rings. The van der Waals surface area contributed by atoms with Crippen LogP contribution in [-0.2, 0) is 9.53 Å². The van der Waals surface area contributed by atoms with E-state index in [1.165, 1.54) is 0 Å². The molecule has 21 heavy (non-hydrogen) atoms. The lowest BCUT2D eigenvalue weighted by molar-refractivity contribution is -0.131. The number of rotatable bonds is 4. The molecule has 5 heteroatoms. The molecule has 5 nitrogen and oxygen atoms in total. The molecule has 1 aromatic rings. The van der Waals surface area contributed by atoms with Crippen molar-refractivity contribution in [1.29, 1.82) is 0 Å². The number of carbonyl (C=O) groups excluding carboxylic acids is 1. The summed E-state index contributed by atoms with van der Waals surface area (Å²) in [5.74, 6) is 0.927. The molecular formula is C16H22N2O3. The first kappa shape index (κ1) is 14.4. The average molecular weight is 290 g/mol. The van der Waals surface area contributed by atoms with Crippen molar-refractivity contribution in [3.05, 3.63) is 29.8 Å². The van der Waals surface area contributed by atoms with Crippen LogP contribution in [0.5, 0.6) is 5.75 Å². The van der Waals surface area contributed by atoms with Crippen molar-refractivity contribution in [3.8, 4) is 5.75 Å². The van der Waals surface area contributed by atoms with Gasteiger partial charge in [-0.1, -0.05) is 12.1 Å². The van der Waals surface area contributed by atoms with Gasteiger partial charge >= 0.3 is 0 Å². The van der Waals surface area contributed by atoms with Crippen molar-refractivity contribution in [2.75, 3.05) is 26.8 Å². The summed E-state index contributed by atoms with van der Waals surface area (Å²) in [6.07, 6.45) is 1.96. The Balaban J connectivity index is 1.81. The molecule has 114 valence electrons. The van der Waals surface area contributed by atoms with Crippen LogP contribution in [0, 0.1) is 0 Å². The van der Waals surface area contributed by atoms with E-state index < -0.39 is 0 Å².